The van der Waals surface area contributed by atoms with Crippen LogP contribution in [0.25, 0.3) is 0 Å². The molecule has 1 unspecified atom stereocenters. The van der Waals surface area contributed by atoms with Crippen LogP contribution in [0.2, 0.25) is 0 Å². The Balaban J connectivity index is 2.08. The number of rotatable bonds is 7. The van der Waals surface area contributed by atoms with Gasteiger partial charge < -0.3 is 9.82 Å². The number of hydrogen-bond acceptors (Lipinski definition) is 6. The molecule has 0 radical (unpaired) electrons. The Bertz CT molecular complexity index is 537. The molecule has 0 aliphatic heterocycles. The van der Waals surface area contributed by atoms with Crippen molar-refractivity contribution in [2.75, 3.05) is 7.11 Å². The number of carbonyl (C=O) groups is 2. The van der Waals surface area contributed by atoms with E-state index in [1.165, 1.54) is 24.6 Å². The zero-order valence-electron chi connectivity index (χ0n) is 10.3. The third-order valence-corrected chi connectivity index (χ3v) is 3.40. The fourth-order valence-electron chi connectivity index (χ4n) is 1.62. The standard InChI is InChI=1S/C12H13N3O3S/c1-18-15-8(11(17)12-13-4-5-14-12)7-9(16)10-3-2-6-19-10/h2-6,8,15H,7H2,1H3,(H,13,14). The van der Waals surface area contributed by atoms with Crippen LogP contribution in [0.1, 0.15) is 26.7 Å². The first kappa shape index (κ1) is 13.6. The van der Waals surface area contributed by atoms with Crippen LogP contribution in [0.5, 0.6) is 0 Å². The maximum absolute atomic E-state index is 12.1. The van der Waals surface area contributed by atoms with Crippen molar-refractivity contribution in [3.05, 3.63) is 40.6 Å². The second-order valence-electron chi connectivity index (χ2n) is 3.78. The van der Waals surface area contributed by atoms with Crippen LogP contribution in [-0.4, -0.2) is 34.7 Å². The van der Waals surface area contributed by atoms with Crippen LogP contribution in [0.3, 0.4) is 0 Å². The molecule has 0 saturated heterocycles. The van der Waals surface area contributed by atoms with Crippen LogP contribution in [-0.2, 0) is 4.84 Å². The van der Waals surface area contributed by atoms with Crippen molar-refractivity contribution in [1.29, 1.82) is 0 Å². The van der Waals surface area contributed by atoms with Gasteiger partial charge in [0.15, 0.2) is 11.6 Å². The first-order valence-corrected chi connectivity index (χ1v) is 6.49. The number of ketones is 2. The quantitative estimate of drug-likeness (QED) is 0.592. The molecule has 2 aromatic rings. The second-order valence-corrected chi connectivity index (χ2v) is 4.73. The van der Waals surface area contributed by atoms with Gasteiger partial charge in [-0.05, 0) is 11.4 Å². The molecule has 2 N–H and O–H groups in total. The van der Waals surface area contributed by atoms with Crippen molar-refractivity contribution in [3.63, 3.8) is 0 Å². The Morgan fingerprint density at radius 2 is 2.42 bits per heavy atom. The first-order chi connectivity index (χ1) is 9.22. The Labute approximate surface area is 113 Å². The molecule has 0 saturated carbocycles. The van der Waals surface area contributed by atoms with E-state index in [-0.39, 0.29) is 23.8 Å². The summed E-state index contributed by atoms with van der Waals surface area (Å²) >= 11 is 1.35. The van der Waals surface area contributed by atoms with Crippen molar-refractivity contribution in [2.45, 2.75) is 12.5 Å². The summed E-state index contributed by atoms with van der Waals surface area (Å²) in [5.74, 6) is -0.213. The molecule has 19 heavy (non-hydrogen) atoms. The smallest absolute Gasteiger partial charge is 0.217 e. The predicted octanol–water partition coefficient (Wildman–Crippen LogP) is 1.45. The molecule has 0 aromatic carbocycles. The molecule has 2 rings (SSSR count). The summed E-state index contributed by atoms with van der Waals surface area (Å²) in [4.78, 5) is 36.1. The highest BCUT2D eigenvalue weighted by atomic mass is 32.1. The summed E-state index contributed by atoms with van der Waals surface area (Å²) in [6.07, 6.45) is 3.06. The van der Waals surface area contributed by atoms with E-state index >= 15 is 0 Å². The molecule has 2 aromatic heterocycles. The second kappa shape index (κ2) is 6.37. The van der Waals surface area contributed by atoms with Crippen LogP contribution in [0.4, 0.5) is 0 Å². The summed E-state index contributed by atoms with van der Waals surface area (Å²) in [5, 5.41) is 1.82. The normalized spacial score (nSPS) is 12.3. The monoisotopic (exact) mass is 279 g/mol. The summed E-state index contributed by atoms with van der Waals surface area (Å²) in [7, 11) is 1.40. The molecule has 0 aliphatic carbocycles. The highest BCUT2D eigenvalue weighted by Crippen LogP contribution is 2.13. The number of nitrogens with zero attached hydrogens (tertiary/aromatic N) is 1. The van der Waals surface area contributed by atoms with Gasteiger partial charge in [-0.2, -0.15) is 5.48 Å². The van der Waals surface area contributed by atoms with Crippen LogP contribution >= 0.6 is 11.3 Å². The lowest BCUT2D eigenvalue weighted by Crippen LogP contribution is -2.38. The number of nitrogens with one attached hydrogen (secondary N) is 2. The van der Waals surface area contributed by atoms with Gasteiger partial charge >= 0.3 is 0 Å². The van der Waals surface area contributed by atoms with Crippen molar-refractivity contribution >= 4 is 22.9 Å². The molecule has 2 heterocycles. The van der Waals surface area contributed by atoms with Gasteiger partial charge in [-0.3, -0.25) is 9.59 Å². The molecule has 0 amide bonds. The minimum atomic E-state index is -0.759. The number of hydroxylamine groups is 1. The third-order valence-electron chi connectivity index (χ3n) is 2.49. The van der Waals surface area contributed by atoms with Gasteiger partial charge in [0.25, 0.3) is 0 Å². The van der Waals surface area contributed by atoms with Gasteiger partial charge in [-0.25, -0.2) is 4.98 Å². The largest absolute Gasteiger partial charge is 0.342 e. The van der Waals surface area contributed by atoms with Crippen molar-refractivity contribution in [1.82, 2.24) is 15.4 Å². The molecular weight excluding hydrogens is 266 g/mol. The van der Waals surface area contributed by atoms with E-state index in [4.69, 9.17) is 4.84 Å². The van der Waals surface area contributed by atoms with E-state index in [1.807, 2.05) is 5.38 Å². The van der Waals surface area contributed by atoms with Gasteiger partial charge in [0.05, 0.1) is 12.0 Å². The maximum Gasteiger partial charge on any atom is 0.217 e. The molecule has 0 bridgehead atoms. The van der Waals surface area contributed by atoms with Crippen LogP contribution in [0.15, 0.2) is 29.9 Å². The van der Waals surface area contributed by atoms with E-state index in [0.717, 1.165) is 0 Å². The number of hydrogen-bond donors (Lipinski definition) is 2. The minimum Gasteiger partial charge on any atom is -0.342 e. The first-order valence-electron chi connectivity index (χ1n) is 5.61. The number of carbonyl (C=O) groups excluding carboxylic acids is 2. The summed E-state index contributed by atoms with van der Waals surface area (Å²) in [5.41, 5.74) is 2.54. The van der Waals surface area contributed by atoms with E-state index in [9.17, 15) is 9.59 Å². The van der Waals surface area contributed by atoms with Crippen LogP contribution < -0.4 is 5.48 Å². The predicted molar refractivity (Wildman–Crippen MR) is 70.1 cm³/mol. The van der Waals surface area contributed by atoms with Gasteiger partial charge in [0.2, 0.25) is 5.78 Å². The average molecular weight is 279 g/mol. The van der Waals surface area contributed by atoms with Crippen molar-refractivity contribution < 1.29 is 14.4 Å². The maximum atomic E-state index is 12.1. The number of aromatic nitrogens is 2. The Kier molecular flexibility index (Phi) is 4.56. The van der Waals surface area contributed by atoms with Gasteiger partial charge in [0.1, 0.15) is 6.04 Å². The Hall–Kier alpha value is -1.83. The fourth-order valence-corrected chi connectivity index (χ4v) is 2.29. The SMILES string of the molecule is CONC(CC(=O)c1cccs1)C(=O)c1ncc[nH]1. The average Bonchev–Trinajstić information content (AvgIpc) is 3.09. The zero-order chi connectivity index (χ0) is 13.7. The molecule has 0 aliphatic rings. The van der Waals surface area contributed by atoms with Gasteiger partial charge in [-0.15, -0.1) is 11.3 Å². The molecule has 1 atom stereocenters. The molecule has 0 spiro atoms. The topological polar surface area (TPSA) is 84.1 Å². The zero-order valence-corrected chi connectivity index (χ0v) is 11.1. The van der Waals surface area contributed by atoms with Crippen LogP contribution in [0, 0.1) is 0 Å². The lowest BCUT2D eigenvalue weighted by Gasteiger charge is -2.13. The summed E-state index contributed by atoms with van der Waals surface area (Å²) < 4.78 is 0. The Morgan fingerprint density at radius 3 is 3.00 bits per heavy atom. The minimum absolute atomic E-state index is 0.0217. The van der Waals surface area contributed by atoms with E-state index in [2.05, 4.69) is 15.4 Å². The lowest BCUT2D eigenvalue weighted by molar-refractivity contribution is 0.0469. The number of Topliss-reactive ketones (excluding diaryl/α,β-unsaturated/α-hetero) is 2. The highest BCUT2D eigenvalue weighted by molar-refractivity contribution is 7.12. The van der Waals surface area contributed by atoms with Crippen molar-refractivity contribution in [3.8, 4) is 0 Å². The van der Waals surface area contributed by atoms with Gasteiger partial charge in [-0.1, -0.05) is 6.07 Å². The van der Waals surface area contributed by atoms with Gasteiger partial charge in [0, 0.05) is 18.8 Å². The highest BCUT2D eigenvalue weighted by Gasteiger charge is 2.25. The van der Waals surface area contributed by atoms with E-state index in [1.54, 1.807) is 18.3 Å². The number of H-pyrrole nitrogens is 1. The number of imidazole rings is 1. The summed E-state index contributed by atoms with van der Waals surface area (Å²) in [6.45, 7) is 0. The Morgan fingerprint density at radius 1 is 1.58 bits per heavy atom. The summed E-state index contributed by atoms with van der Waals surface area (Å²) in [6, 6.07) is 2.77. The lowest BCUT2D eigenvalue weighted by atomic mass is 10.1. The van der Waals surface area contributed by atoms with E-state index < -0.39 is 6.04 Å². The molecule has 0 fully saturated rings. The third kappa shape index (κ3) is 3.34. The molecular formula is C12H13N3O3S. The van der Waals surface area contributed by atoms with Crippen molar-refractivity contribution in [2.24, 2.45) is 0 Å². The molecule has 7 heteroatoms. The number of aromatic amines is 1. The van der Waals surface area contributed by atoms with E-state index in [0.29, 0.717) is 4.88 Å². The fraction of sp³-hybridized carbons (Fsp3) is 0.250. The number of thiophene rings is 1. The molecule has 100 valence electrons. The molecule has 6 nitrogen and oxygen atoms in total.